The molecular weight excluding hydrogens is 248 g/mol. The van der Waals surface area contributed by atoms with Gasteiger partial charge in [0.25, 0.3) is 0 Å². The van der Waals surface area contributed by atoms with Crippen molar-refractivity contribution < 1.29 is 4.79 Å². The van der Waals surface area contributed by atoms with E-state index >= 15 is 0 Å². The van der Waals surface area contributed by atoms with Crippen LogP contribution in [-0.2, 0) is 11.3 Å². The lowest BCUT2D eigenvalue weighted by molar-refractivity contribution is -0.114. The van der Waals surface area contributed by atoms with Crippen LogP contribution in [0.2, 0.25) is 0 Å². The van der Waals surface area contributed by atoms with Crippen molar-refractivity contribution in [2.75, 3.05) is 10.6 Å². The van der Waals surface area contributed by atoms with Crippen LogP contribution in [0.1, 0.15) is 23.6 Å². The van der Waals surface area contributed by atoms with Crippen LogP contribution >= 0.6 is 0 Å². The lowest BCUT2D eigenvalue weighted by Gasteiger charge is -2.10. The number of anilines is 2. The first kappa shape index (κ1) is 14.1. The molecule has 3 heteroatoms. The van der Waals surface area contributed by atoms with Crippen LogP contribution < -0.4 is 10.6 Å². The average molecular weight is 268 g/mol. The van der Waals surface area contributed by atoms with E-state index in [2.05, 4.69) is 42.7 Å². The van der Waals surface area contributed by atoms with Crippen molar-refractivity contribution in [3.05, 3.63) is 59.2 Å². The number of hydrogen-bond donors (Lipinski definition) is 2. The van der Waals surface area contributed by atoms with Crippen molar-refractivity contribution in [3.63, 3.8) is 0 Å². The van der Waals surface area contributed by atoms with Gasteiger partial charge >= 0.3 is 0 Å². The van der Waals surface area contributed by atoms with Crippen LogP contribution in [-0.4, -0.2) is 5.91 Å². The molecule has 0 unspecified atom stereocenters. The third-order valence-corrected chi connectivity index (χ3v) is 2.96. The van der Waals surface area contributed by atoms with Crippen molar-refractivity contribution in [2.45, 2.75) is 27.3 Å². The zero-order valence-corrected chi connectivity index (χ0v) is 12.2. The smallest absolute Gasteiger partial charge is 0.221 e. The topological polar surface area (TPSA) is 41.1 Å². The predicted molar refractivity (Wildman–Crippen MR) is 84.0 cm³/mol. The monoisotopic (exact) mass is 268 g/mol. The van der Waals surface area contributed by atoms with Gasteiger partial charge in [0.1, 0.15) is 0 Å². The summed E-state index contributed by atoms with van der Waals surface area (Å²) in [5.74, 6) is -0.0588. The highest BCUT2D eigenvalue weighted by Gasteiger charge is 1.99. The summed E-state index contributed by atoms with van der Waals surface area (Å²) in [4.78, 5) is 11.0. The molecule has 20 heavy (non-hydrogen) atoms. The normalized spacial score (nSPS) is 10.2. The van der Waals surface area contributed by atoms with E-state index in [-0.39, 0.29) is 5.91 Å². The Kier molecular flexibility index (Phi) is 4.41. The summed E-state index contributed by atoms with van der Waals surface area (Å²) in [5.41, 5.74) is 5.60. The number of hydrogen-bond acceptors (Lipinski definition) is 2. The third kappa shape index (κ3) is 4.12. The standard InChI is InChI=1S/C17H20N2O/c1-12-7-13(2)9-15(8-12)11-18-16-5-4-6-17(10-16)19-14(3)20/h4-10,18H,11H2,1-3H3,(H,19,20). The molecule has 104 valence electrons. The molecular formula is C17H20N2O. The summed E-state index contributed by atoms with van der Waals surface area (Å²) in [6.45, 7) is 6.49. The Bertz CT molecular complexity index is 600. The van der Waals surface area contributed by atoms with Gasteiger partial charge < -0.3 is 10.6 Å². The zero-order chi connectivity index (χ0) is 14.5. The van der Waals surface area contributed by atoms with E-state index in [0.717, 1.165) is 17.9 Å². The second-order valence-corrected chi connectivity index (χ2v) is 5.11. The second-order valence-electron chi connectivity index (χ2n) is 5.11. The molecule has 1 amide bonds. The summed E-state index contributed by atoms with van der Waals surface area (Å²) < 4.78 is 0. The van der Waals surface area contributed by atoms with Gasteiger partial charge in [0.05, 0.1) is 0 Å². The van der Waals surface area contributed by atoms with E-state index in [4.69, 9.17) is 0 Å². The zero-order valence-electron chi connectivity index (χ0n) is 12.2. The van der Waals surface area contributed by atoms with E-state index < -0.39 is 0 Å². The molecule has 0 heterocycles. The molecule has 0 bridgehead atoms. The quantitative estimate of drug-likeness (QED) is 0.883. The highest BCUT2D eigenvalue weighted by molar-refractivity contribution is 5.89. The van der Waals surface area contributed by atoms with E-state index in [1.54, 1.807) is 0 Å². The van der Waals surface area contributed by atoms with Gasteiger partial charge in [-0.3, -0.25) is 4.79 Å². The number of amides is 1. The molecule has 3 nitrogen and oxygen atoms in total. The molecule has 2 aromatic rings. The molecule has 0 saturated heterocycles. The Morgan fingerprint density at radius 1 is 1.00 bits per heavy atom. The maximum absolute atomic E-state index is 11.0. The van der Waals surface area contributed by atoms with Crippen molar-refractivity contribution in [1.82, 2.24) is 0 Å². The molecule has 0 aliphatic carbocycles. The Morgan fingerprint density at radius 3 is 2.30 bits per heavy atom. The predicted octanol–water partition coefficient (Wildman–Crippen LogP) is 3.87. The third-order valence-electron chi connectivity index (χ3n) is 2.96. The van der Waals surface area contributed by atoms with E-state index in [1.807, 2.05) is 24.3 Å². The molecule has 0 saturated carbocycles. The lowest BCUT2D eigenvalue weighted by atomic mass is 10.1. The fourth-order valence-corrected chi connectivity index (χ4v) is 2.29. The summed E-state index contributed by atoms with van der Waals surface area (Å²) in [5, 5.41) is 6.16. The van der Waals surface area contributed by atoms with Gasteiger partial charge in [0.2, 0.25) is 5.91 Å². The summed E-state index contributed by atoms with van der Waals surface area (Å²) in [7, 11) is 0. The Labute approximate surface area is 120 Å². The number of rotatable bonds is 4. The molecule has 2 aromatic carbocycles. The Hall–Kier alpha value is -2.29. The number of benzene rings is 2. The summed E-state index contributed by atoms with van der Waals surface area (Å²) in [6.07, 6.45) is 0. The van der Waals surface area contributed by atoms with E-state index in [0.29, 0.717) is 0 Å². The number of carbonyl (C=O) groups excluding carboxylic acids is 1. The molecule has 0 atom stereocenters. The molecule has 0 aromatic heterocycles. The fourth-order valence-electron chi connectivity index (χ4n) is 2.29. The average Bonchev–Trinajstić information content (AvgIpc) is 2.35. The summed E-state index contributed by atoms with van der Waals surface area (Å²) in [6, 6.07) is 14.3. The maximum atomic E-state index is 11.0. The Morgan fingerprint density at radius 2 is 1.65 bits per heavy atom. The second kappa shape index (κ2) is 6.24. The molecule has 0 aliphatic rings. The van der Waals surface area contributed by atoms with Crippen LogP contribution in [0, 0.1) is 13.8 Å². The van der Waals surface area contributed by atoms with Crippen molar-refractivity contribution in [1.29, 1.82) is 0 Å². The fraction of sp³-hybridized carbons (Fsp3) is 0.235. The first-order chi connectivity index (χ1) is 9.52. The molecule has 2 rings (SSSR count). The molecule has 0 radical (unpaired) electrons. The van der Waals surface area contributed by atoms with Crippen molar-refractivity contribution >= 4 is 17.3 Å². The van der Waals surface area contributed by atoms with E-state index in [9.17, 15) is 4.79 Å². The molecule has 0 fully saturated rings. The van der Waals surface area contributed by atoms with Gasteiger partial charge in [-0.1, -0.05) is 35.4 Å². The van der Waals surface area contributed by atoms with Crippen LogP contribution in [0.15, 0.2) is 42.5 Å². The van der Waals surface area contributed by atoms with Crippen molar-refractivity contribution in [3.8, 4) is 0 Å². The minimum Gasteiger partial charge on any atom is -0.381 e. The summed E-state index contributed by atoms with van der Waals surface area (Å²) >= 11 is 0. The lowest BCUT2D eigenvalue weighted by Crippen LogP contribution is -2.06. The van der Waals surface area contributed by atoms with Gasteiger partial charge in [0, 0.05) is 24.8 Å². The first-order valence-electron chi connectivity index (χ1n) is 6.71. The van der Waals surface area contributed by atoms with Gasteiger partial charge in [-0.05, 0) is 37.6 Å². The van der Waals surface area contributed by atoms with Gasteiger partial charge in [-0.15, -0.1) is 0 Å². The SMILES string of the molecule is CC(=O)Nc1cccc(NCc2cc(C)cc(C)c2)c1. The van der Waals surface area contributed by atoms with Crippen LogP contribution in [0.3, 0.4) is 0 Å². The molecule has 2 N–H and O–H groups in total. The number of carbonyl (C=O) groups is 1. The van der Waals surface area contributed by atoms with Crippen LogP contribution in [0.25, 0.3) is 0 Å². The van der Waals surface area contributed by atoms with Crippen molar-refractivity contribution in [2.24, 2.45) is 0 Å². The minimum absolute atomic E-state index is 0.0588. The largest absolute Gasteiger partial charge is 0.381 e. The molecule has 0 aliphatic heterocycles. The highest BCUT2D eigenvalue weighted by atomic mass is 16.1. The van der Waals surface area contributed by atoms with E-state index in [1.165, 1.54) is 23.6 Å². The van der Waals surface area contributed by atoms with Crippen LogP contribution in [0.5, 0.6) is 0 Å². The van der Waals surface area contributed by atoms with Gasteiger partial charge in [0.15, 0.2) is 0 Å². The highest BCUT2D eigenvalue weighted by Crippen LogP contribution is 2.17. The van der Waals surface area contributed by atoms with Gasteiger partial charge in [-0.2, -0.15) is 0 Å². The first-order valence-corrected chi connectivity index (χ1v) is 6.71. The maximum Gasteiger partial charge on any atom is 0.221 e. The van der Waals surface area contributed by atoms with Crippen LogP contribution in [0.4, 0.5) is 11.4 Å². The number of nitrogens with one attached hydrogen (secondary N) is 2. The minimum atomic E-state index is -0.0588. The molecule has 0 spiro atoms. The Balaban J connectivity index is 2.05. The number of aryl methyl sites for hydroxylation is 2. The van der Waals surface area contributed by atoms with Gasteiger partial charge in [-0.25, -0.2) is 0 Å².